The van der Waals surface area contributed by atoms with E-state index in [1.807, 2.05) is 26.0 Å². The lowest BCUT2D eigenvalue weighted by Gasteiger charge is -2.30. The van der Waals surface area contributed by atoms with Crippen molar-refractivity contribution in [3.63, 3.8) is 0 Å². The third kappa shape index (κ3) is 4.00. The number of aliphatic hydroxyl groups is 1. The number of nitrogens with one attached hydrogen (secondary N) is 1. The fourth-order valence-corrected chi connectivity index (χ4v) is 1.70. The van der Waals surface area contributed by atoms with Crippen LogP contribution in [0.4, 0.5) is 0 Å². The van der Waals surface area contributed by atoms with Gasteiger partial charge in [0.25, 0.3) is 0 Å². The molecule has 0 saturated carbocycles. The van der Waals surface area contributed by atoms with Crippen LogP contribution in [0.15, 0.2) is 18.2 Å². The van der Waals surface area contributed by atoms with Gasteiger partial charge in [-0.3, -0.25) is 5.32 Å². The van der Waals surface area contributed by atoms with Gasteiger partial charge in [0.05, 0.1) is 6.61 Å². The van der Waals surface area contributed by atoms with E-state index in [0.29, 0.717) is 0 Å². The van der Waals surface area contributed by atoms with E-state index in [9.17, 15) is 5.11 Å². The van der Waals surface area contributed by atoms with Crippen molar-refractivity contribution in [1.29, 1.82) is 0 Å². The largest absolute Gasteiger partial charge is 0.475 e. The minimum absolute atomic E-state index is 0.0830. The molecular formula is C15H25NO2. The Bertz CT molecular complexity index is 388. The molecule has 0 radical (unpaired) electrons. The average molecular weight is 251 g/mol. The van der Waals surface area contributed by atoms with Crippen LogP contribution in [0.2, 0.25) is 0 Å². The summed E-state index contributed by atoms with van der Waals surface area (Å²) in [5, 5.41) is 12.6. The fourth-order valence-electron chi connectivity index (χ4n) is 1.70. The van der Waals surface area contributed by atoms with Gasteiger partial charge in [-0.2, -0.15) is 0 Å². The van der Waals surface area contributed by atoms with Crippen molar-refractivity contribution in [2.45, 2.75) is 52.8 Å². The Morgan fingerprint density at radius 1 is 1.33 bits per heavy atom. The smallest absolute Gasteiger partial charge is 0.150 e. The van der Waals surface area contributed by atoms with Gasteiger partial charge in [0.1, 0.15) is 12.0 Å². The third-order valence-electron chi connectivity index (χ3n) is 3.14. The van der Waals surface area contributed by atoms with Gasteiger partial charge in [-0.15, -0.1) is 0 Å². The predicted octanol–water partition coefficient (Wildman–Crippen LogP) is 2.78. The van der Waals surface area contributed by atoms with Gasteiger partial charge in [-0.1, -0.05) is 19.1 Å². The predicted molar refractivity (Wildman–Crippen MR) is 74.9 cm³/mol. The number of benzene rings is 1. The molecule has 0 saturated heterocycles. The quantitative estimate of drug-likeness (QED) is 0.764. The van der Waals surface area contributed by atoms with Gasteiger partial charge in [-0.25, -0.2) is 0 Å². The van der Waals surface area contributed by atoms with Crippen molar-refractivity contribution >= 4 is 0 Å². The zero-order chi connectivity index (χ0) is 13.8. The average Bonchev–Trinajstić information content (AvgIpc) is 2.33. The van der Waals surface area contributed by atoms with Crippen molar-refractivity contribution in [3.8, 4) is 5.75 Å². The molecule has 0 aliphatic rings. The molecule has 2 N–H and O–H groups in total. The van der Waals surface area contributed by atoms with E-state index in [1.54, 1.807) is 0 Å². The van der Waals surface area contributed by atoms with Crippen molar-refractivity contribution in [2.24, 2.45) is 0 Å². The second-order valence-electron chi connectivity index (χ2n) is 5.40. The Labute approximate surface area is 110 Å². The summed E-state index contributed by atoms with van der Waals surface area (Å²) < 4.78 is 5.99. The van der Waals surface area contributed by atoms with E-state index in [0.717, 1.165) is 12.2 Å². The molecular weight excluding hydrogens is 226 g/mol. The first-order chi connectivity index (χ1) is 8.39. The van der Waals surface area contributed by atoms with Gasteiger partial charge in [-0.05, 0) is 51.3 Å². The Morgan fingerprint density at radius 3 is 2.56 bits per heavy atom. The summed E-state index contributed by atoms with van der Waals surface area (Å²) in [5.41, 5.74) is 2.06. The molecule has 1 rings (SSSR count). The molecule has 1 unspecified atom stereocenters. The molecule has 1 aromatic rings. The number of ether oxygens (including phenoxy) is 1. The number of aryl methyl sites for hydroxylation is 1. The SMILES string of the molecule is CCC(NC(C)(C)CO)Oc1cccc(C)c1C. The Hall–Kier alpha value is -1.06. The lowest BCUT2D eigenvalue weighted by molar-refractivity contribution is 0.0883. The molecule has 3 nitrogen and oxygen atoms in total. The van der Waals surface area contributed by atoms with Crippen LogP contribution in [0.5, 0.6) is 5.75 Å². The Kier molecular flexibility index (Phi) is 5.17. The Morgan fingerprint density at radius 2 is 2.00 bits per heavy atom. The minimum atomic E-state index is -0.335. The number of hydrogen-bond donors (Lipinski definition) is 2. The molecule has 0 fully saturated rings. The van der Waals surface area contributed by atoms with Crippen molar-refractivity contribution in [2.75, 3.05) is 6.61 Å². The number of rotatable bonds is 6. The maximum Gasteiger partial charge on any atom is 0.150 e. The second kappa shape index (κ2) is 6.21. The summed E-state index contributed by atoms with van der Waals surface area (Å²) >= 11 is 0. The summed E-state index contributed by atoms with van der Waals surface area (Å²) in [4.78, 5) is 0. The normalized spacial score (nSPS) is 13.4. The highest BCUT2D eigenvalue weighted by Gasteiger charge is 2.21. The highest BCUT2D eigenvalue weighted by atomic mass is 16.5. The molecule has 0 amide bonds. The number of aliphatic hydroxyl groups excluding tert-OH is 1. The van der Waals surface area contributed by atoms with Crippen LogP contribution < -0.4 is 10.1 Å². The zero-order valence-corrected chi connectivity index (χ0v) is 12.1. The standard InChI is InChI=1S/C15H25NO2/c1-6-14(16-15(4,5)10-17)18-13-9-7-8-11(2)12(13)3/h7-9,14,16-17H,6,10H2,1-5H3. The molecule has 1 atom stereocenters. The van der Waals surface area contributed by atoms with Gasteiger partial charge in [0.15, 0.2) is 0 Å². The van der Waals surface area contributed by atoms with Crippen LogP contribution in [0.25, 0.3) is 0 Å². The third-order valence-corrected chi connectivity index (χ3v) is 3.14. The lowest BCUT2D eigenvalue weighted by Crippen LogP contribution is -2.50. The minimum Gasteiger partial charge on any atom is -0.475 e. The molecule has 1 aromatic carbocycles. The molecule has 0 aliphatic heterocycles. The highest BCUT2D eigenvalue weighted by Crippen LogP contribution is 2.22. The van der Waals surface area contributed by atoms with E-state index in [1.165, 1.54) is 11.1 Å². The maximum atomic E-state index is 9.29. The van der Waals surface area contributed by atoms with E-state index < -0.39 is 0 Å². The van der Waals surface area contributed by atoms with Gasteiger partial charge >= 0.3 is 0 Å². The van der Waals surface area contributed by atoms with E-state index in [2.05, 4.69) is 32.2 Å². The molecule has 0 bridgehead atoms. The zero-order valence-electron chi connectivity index (χ0n) is 12.1. The summed E-state index contributed by atoms with van der Waals surface area (Å²) in [6.07, 6.45) is 0.754. The summed E-state index contributed by atoms with van der Waals surface area (Å²) in [6.45, 7) is 10.2. The molecule has 102 valence electrons. The van der Waals surface area contributed by atoms with Crippen LogP contribution in [-0.4, -0.2) is 23.5 Å². The van der Waals surface area contributed by atoms with Crippen LogP contribution in [0, 0.1) is 13.8 Å². The first-order valence-corrected chi connectivity index (χ1v) is 6.51. The second-order valence-corrected chi connectivity index (χ2v) is 5.40. The highest BCUT2D eigenvalue weighted by molar-refractivity contribution is 5.38. The fraction of sp³-hybridized carbons (Fsp3) is 0.600. The van der Waals surface area contributed by atoms with Crippen LogP contribution in [0.1, 0.15) is 38.3 Å². The monoisotopic (exact) mass is 251 g/mol. The molecule has 18 heavy (non-hydrogen) atoms. The first-order valence-electron chi connectivity index (χ1n) is 6.51. The van der Waals surface area contributed by atoms with Gasteiger partial charge in [0, 0.05) is 5.54 Å². The van der Waals surface area contributed by atoms with E-state index in [4.69, 9.17) is 4.74 Å². The van der Waals surface area contributed by atoms with Crippen LogP contribution >= 0.6 is 0 Å². The topological polar surface area (TPSA) is 41.5 Å². The van der Waals surface area contributed by atoms with Crippen LogP contribution in [0.3, 0.4) is 0 Å². The number of hydrogen-bond acceptors (Lipinski definition) is 3. The molecule has 3 heteroatoms. The molecule has 0 aromatic heterocycles. The maximum absolute atomic E-state index is 9.29. The van der Waals surface area contributed by atoms with Gasteiger partial charge in [0.2, 0.25) is 0 Å². The van der Waals surface area contributed by atoms with E-state index in [-0.39, 0.29) is 18.4 Å². The van der Waals surface area contributed by atoms with Gasteiger partial charge < -0.3 is 9.84 Å². The first kappa shape index (κ1) is 15.0. The van der Waals surface area contributed by atoms with Crippen molar-refractivity contribution in [1.82, 2.24) is 5.32 Å². The Balaban J connectivity index is 2.77. The summed E-state index contributed by atoms with van der Waals surface area (Å²) in [7, 11) is 0. The van der Waals surface area contributed by atoms with Crippen molar-refractivity contribution in [3.05, 3.63) is 29.3 Å². The molecule has 0 heterocycles. The molecule has 0 spiro atoms. The van der Waals surface area contributed by atoms with Crippen LogP contribution in [-0.2, 0) is 0 Å². The van der Waals surface area contributed by atoms with E-state index >= 15 is 0 Å². The molecule has 0 aliphatic carbocycles. The summed E-state index contributed by atoms with van der Waals surface area (Å²) in [6, 6.07) is 6.06. The summed E-state index contributed by atoms with van der Waals surface area (Å²) in [5.74, 6) is 0.906. The lowest BCUT2D eigenvalue weighted by atomic mass is 10.1. The van der Waals surface area contributed by atoms with Crippen molar-refractivity contribution < 1.29 is 9.84 Å².